The molecule has 0 atom stereocenters. The molecule has 0 aliphatic heterocycles. The van der Waals surface area contributed by atoms with E-state index in [1.165, 1.54) is 122 Å². The molecular formula is C23H51N3. The second-order valence-electron chi connectivity index (χ2n) is 8.10. The number of rotatable bonds is 22. The van der Waals surface area contributed by atoms with E-state index in [0.717, 1.165) is 13.1 Å². The molecule has 0 spiro atoms. The molecule has 0 amide bonds. The minimum absolute atomic E-state index is 0.867. The summed E-state index contributed by atoms with van der Waals surface area (Å²) in [7, 11) is 2.30. The largest absolute Gasteiger partial charge is 0.330 e. The zero-order valence-corrected chi connectivity index (χ0v) is 18.4. The van der Waals surface area contributed by atoms with E-state index in [1.807, 2.05) is 0 Å². The lowest BCUT2D eigenvalue weighted by molar-refractivity contribution is 0.314. The summed E-state index contributed by atoms with van der Waals surface area (Å²) in [6.45, 7) is 7.94. The van der Waals surface area contributed by atoms with Gasteiger partial charge >= 0.3 is 0 Å². The molecule has 158 valence electrons. The number of nitrogens with two attached hydrogens (primary N) is 1. The third-order valence-corrected chi connectivity index (χ3v) is 5.39. The Balaban J connectivity index is 3.11. The van der Waals surface area contributed by atoms with Crippen molar-refractivity contribution in [2.24, 2.45) is 5.73 Å². The van der Waals surface area contributed by atoms with Crippen LogP contribution in [0.3, 0.4) is 0 Å². The fourth-order valence-electron chi connectivity index (χ4n) is 3.57. The fourth-order valence-corrected chi connectivity index (χ4v) is 3.57. The summed E-state index contributed by atoms with van der Waals surface area (Å²) >= 11 is 0. The quantitative estimate of drug-likeness (QED) is 0.239. The van der Waals surface area contributed by atoms with Gasteiger partial charge in [-0.05, 0) is 65.5 Å². The molecule has 0 bridgehead atoms. The first-order valence-electron chi connectivity index (χ1n) is 11.9. The topological polar surface area (TPSA) is 41.3 Å². The van der Waals surface area contributed by atoms with Gasteiger partial charge in [0.15, 0.2) is 0 Å². The molecule has 0 radical (unpaired) electrons. The summed E-state index contributed by atoms with van der Waals surface area (Å²) in [5.74, 6) is 0. The average molecular weight is 370 g/mol. The van der Waals surface area contributed by atoms with Gasteiger partial charge in [-0.2, -0.15) is 0 Å². The average Bonchev–Trinajstić information content (AvgIpc) is 2.65. The highest BCUT2D eigenvalue weighted by atomic mass is 15.1. The maximum atomic E-state index is 5.52. The molecule has 0 heterocycles. The molecule has 3 heteroatoms. The first kappa shape index (κ1) is 25.9. The highest BCUT2D eigenvalue weighted by Gasteiger charge is 1.99. The highest BCUT2D eigenvalue weighted by molar-refractivity contribution is 4.55. The van der Waals surface area contributed by atoms with Crippen LogP contribution in [0.1, 0.15) is 110 Å². The van der Waals surface area contributed by atoms with E-state index in [-0.39, 0.29) is 0 Å². The standard InChI is InChI=1S/C23H51N3/c1-3-25-21-17-13-11-15-19-23-26(2)22-18-14-10-8-6-4-5-7-9-12-16-20-24/h25H,3-24H2,1-2H3. The van der Waals surface area contributed by atoms with Gasteiger partial charge in [-0.3, -0.25) is 0 Å². The number of nitrogens with one attached hydrogen (secondary N) is 1. The minimum atomic E-state index is 0.867. The van der Waals surface area contributed by atoms with Crippen molar-refractivity contribution < 1.29 is 0 Å². The van der Waals surface area contributed by atoms with Gasteiger partial charge in [0.05, 0.1) is 0 Å². The Kier molecular flexibility index (Phi) is 22.8. The molecule has 0 aromatic carbocycles. The molecule has 26 heavy (non-hydrogen) atoms. The summed E-state index contributed by atoms with van der Waals surface area (Å²) in [5, 5.41) is 3.40. The Morgan fingerprint density at radius 2 is 0.962 bits per heavy atom. The first-order valence-corrected chi connectivity index (χ1v) is 11.9. The van der Waals surface area contributed by atoms with Crippen molar-refractivity contribution in [1.82, 2.24) is 10.2 Å². The molecule has 0 aliphatic rings. The van der Waals surface area contributed by atoms with Crippen molar-refractivity contribution in [3.05, 3.63) is 0 Å². The summed E-state index contributed by atoms with van der Waals surface area (Å²) < 4.78 is 0. The SMILES string of the molecule is CCNCCCCCCCN(C)CCCCCCCCCCCCCN. The third kappa shape index (κ3) is 21.9. The van der Waals surface area contributed by atoms with Crippen LogP contribution >= 0.6 is 0 Å². The molecular weight excluding hydrogens is 318 g/mol. The molecule has 3 N–H and O–H groups in total. The van der Waals surface area contributed by atoms with Gasteiger partial charge in [0.1, 0.15) is 0 Å². The van der Waals surface area contributed by atoms with Crippen molar-refractivity contribution in [3.8, 4) is 0 Å². The molecule has 0 aromatic heterocycles. The molecule has 3 nitrogen and oxygen atoms in total. The van der Waals surface area contributed by atoms with Crippen LogP contribution in [-0.4, -0.2) is 44.7 Å². The van der Waals surface area contributed by atoms with E-state index >= 15 is 0 Å². The Bertz CT molecular complexity index is 246. The first-order chi connectivity index (χ1) is 12.8. The molecule has 0 aliphatic carbocycles. The van der Waals surface area contributed by atoms with Gasteiger partial charge in [0.25, 0.3) is 0 Å². The van der Waals surface area contributed by atoms with Crippen molar-refractivity contribution in [3.63, 3.8) is 0 Å². The van der Waals surface area contributed by atoms with E-state index in [1.54, 1.807) is 0 Å². The fraction of sp³-hybridized carbons (Fsp3) is 1.00. The second-order valence-corrected chi connectivity index (χ2v) is 8.10. The van der Waals surface area contributed by atoms with Crippen molar-refractivity contribution in [2.45, 2.75) is 110 Å². The third-order valence-electron chi connectivity index (χ3n) is 5.39. The van der Waals surface area contributed by atoms with Crippen molar-refractivity contribution >= 4 is 0 Å². The zero-order chi connectivity index (χ0) is 19.1. The van der Waals surface area contributed by atoms with Crippen LogP contribution in [-0.2, 0) is 0 Å². The number of hydrogen-bond acceptors (Lipinski definition) is 3. The number of unbranched alkanes of at least 4 members (excludes halogenated alkanes) is 14. The van der Waals surface area contributed by atoms with Gasteiger partial charge in [-0.1, -0.05) is 84.0 Å². The van der Waals surface area contributed by atoms with E-state index in [9.17, 15) is 0 Å². The van der Waals surface area contributed by atoms with Crippen LogP contribution in [0.15, 0.2) is 0 Å². The van der Waals surface area contributed by atoms with Gasteiger partial charge < -0.3 is 16.0 Å². The Hall–Kier alpha value is -0.120. The maximum Gasteiger partial charge on any atom is -0.00218 e. The van der Waals surface area contributed by atoms with Gasteiger partial charge in [-0.15, -0.1) is 0 Å². The lowest BCUT2D eigenvalue weighted by Gasteiger charge is -2.16. The summed E-state index contributed by atoms with van der Waals surface area (Å²) in [4.78, 5) is 2.54. The molecule has 0 unspecified atom stereocenters. The molecule has 0 aromatic rings. The van der Waals surface area contributed by atoms with Crippen LogP contribution in [0.5, 0.6) is 0 Å². The van der Waals surface area contributed by atoms with Crippen LogP contribution in [0.25, 0.3) is 0 Å². The molecule has 0 saturated carbocycles. The zero-order valence-electron chi connectivity index (χ0n) is 18.4. The number of hydrogen-bond donors (Lipinski definition) is 2. The Labute approximate surface area is 165 Å². The number of nitrogens with zero attached hydrogens (tertiary/aromatic N) is 1. The lowest BCUT2D eigenvalue weighted by Crippen LogP contribution is -2.20. The predicted octanol–water partition coefficient (Wildman–Crippen LogP) is 5.73. The van der Waals surface area contributed by atoms with E-state index in [2.05, 4.69) is 24.2 Å². The van der Waals surface area contributed by atoms with Gasteiger partial charge in [0, 0.05) is 0 Å². The van der Waals surface area contributed by atoms with E-state index < -0.39 is 0 Å². The smallest absolute Gasteiger partial charge is 0.00218 e. The van der Waals surface area contributed by atoms with Crippen LogP contribution < -0.4 is 11.1 Å². The van der Waals surface area contributed by atoms with Gasteiger partial charge in [-0.25, -0.2) is 0 Å². The van der Waals surface area contributed by atoms with E-state index in [0.29, 0.717) is 0 Å². The van der Waals surface area contributed by atoms with Crippen LogP contribution in [0.4, 0.5) is 0 Å². The van der Waals surface area contributed by atoms with Gasteiger partial charge in [0.2, 0.25) is 0 Å². The highest BCUT2D eigenvalue weighted by Crippen LogP contribution is 2.11. The van der Waals surface area contributed by atoms with Crippen LogP contribution in [0.2, 0.25) is 0 Å². The Morgan fingerprint density at radius 1 is 0.577 bits per heavy atom. The second kappa shape index (κ2) is 22.9. The molecule has 0 rings (SSSR count). The van der Waals surface area contributed by atoms with Crippen molar-refractivity contribution in [2.75, 3.05) is 39.8 Å². The van der Waals surface area contributed by atoms with Crippen molar-refractivity contribution in [1.29, 1.82) is 0 Å². The predicted molar refractivity (Wildman–Crippen MR) is 119 cm³/mol. The minimum Gasteiger partial charge on any atom is -0.330 e. The molecule has 0 fully saturated rings. The summed E-state index contributed by atoms with van der Waals surface area (Å²) in [5.41, 5.74) is 5.52. The summed E-state index contributed by atoms with van der Waals surface area (Å²) in [6, 6.07) is 0. The summed E-state index contributed by atoms with van der Waals surface area (Å²) in [6.07, 6.45) is 22.3. The lowest BCUT2D eigenvalue weighted by atomic mass is 10.1. The normalized spacial score (nSPS) is 11.5. The Morgan fingerprint density at radius 3 is 1.38 bits per heavy atom. The maximum absolute atomic E-state index is 5.52. The molecule has 0 saturated heterocycles. The van der Waals surface area contributed by atoms with Crippen LogP contribution in [0, 0.1) is 0 Å². The van der Waals surface area contributed by atoms with E-state index in [4.69, 9.17) is 5.73 Å². The monoisotopic (exact) mass is 369 g/mol.